The number of halogens is 3. The normalized spacial score (nSPS) is 12.3. The maximum absolute atomic E-state index is 12.6. The van der Waals surface area contributed by atoms with Crippen molar-refractivity contribution in [1.82, 2.24) is 20.2 Å². The molecule has 0 aliphatic heterocycles. The Balaban J connectivity index is 1.58. The number of rotatable bonds is 7. The maximum Gasteiger partial charge on any atom is 0.416 e. The van der Waals surface area contributed by atoms with E-state index < -0.39 is 11.7 Å². The highest BCUT2D eigenvalue weighted by Crippen LogP contribution is 2.29. The first-order valence-electron chi connectivity index (χ1n) is 10.6. The van der Waals surface area contributed by atoms with Crippen molar-refractivity contribution in [3.05, 3.63) is 65.2 Å². The molecule has 0 saturated carbocycles. The molecule has 1 amide bonds. The van der Waals surface area contributed by atoms with E-state index in [0.717, 1.165) is 23.5 Å². The first kappa shape index (κ1) is 25.5. The van der Waals surface area contributed by atoms with Gasteiger partial charge >= 0.3 is 6.18 Å². The van der Waals surface area contributed by atoms with E-state index in [1.54, 1.807) is 0 Å². The van der Waals surface area contributed by atoms with Crippen molar-refractivity contribution in [3.8, 4) is 11.4 Å². The zero-order valence-corrected chi connectivity index (χ0v) is 20.2. The lowest BCUT2D eigenvalue weighted by molar-refractivity contribution is -0.137. The van der Waals surface area contributed by atoms with Crippen LogP contribution >= 0.6 is 11.8 Å². The maximum atomic E-state index is 12.6. The van der Waals surface area contributed by atoms with E-state index in [1.807, 2.05) is 23.6 Å². The molecule has 3 rings (SSSR count). The van der Waals surface area contributed by atoms with Crippen molar-refractivity contribution < 1.29 is 18.0 Å². The number of hydrazone groups is 1. The highest BCUT2D eigenvalue weighted by molar-refractivity contribution is 7.99. The number of hydrogen-bond donors (Lipinski definition) is 1. The molecular formula is C24H26F3N5OS. The minimum atomic E-state index is -4.39. The van der Waals surface area contributed by atoms with E-state index in [0.29, 0.717) is 17.3 Å². The van der Waals surface area contributed by atoms with Gasteiger partial charge in [0.05, 0.1) is 17.5 Å². The molecule has 0 saturated heterocycles. The van der Waals surface area contributed by atoms with E-state index in [-0.39, 0.29) is 17.1 Å². The minimum absolute atomic E-state index is 0.0559. The molecule has 1 heterocycles. The van der Waals surface area contributed by atoms with Crippen LogP contribution in [0.5, 0.6) is 0 Å². The summed E-state index contributed by atoms with van der Waals surface area (Å²) in [7, 11) is 0. The van der Waals surface area contributed by atoms with Gasteiger partial charge in [-0.3, -0.25) is 4.79 Å². The Morgan fingerprint density at radius 2 is 1.65 bits per heavy atom. The van der Waals surface area contributed by atoms with Gasteiger partial charge in [-0.25, -0.2) is 5.43 Å². The number of benzene rings is 2. The lowest BCUT2D eigenvalue weighted by Gasteiger charge is -2.19. The number of carbonyl (C=O) groups excluding carboxylic acids is 1. The van der Waals surface area contributed by atoms with Crippen molar-refractivity contribution in [2.24, 2.45) is 5.10 Å². The number of thioether (sulfide) groups is 1. The molecule has 1 N–H and O–H groups in total. The van der Waals surface area contributed by atoms with Gasteiger partial charge in [0.1, 0.15) is 0 Å². The van der Waals surface area contributed by atoms with Gasteiger partial charge in [-0.05, 0) is 35.6 Å². The summed E-state index contributed by atoms with van der Waals surface area (Å²) >= 11 is 1.23. The molecule has 6 nitrogen and oxygen atoms in total. The molecule has 0 unspecified atom stereocenters. The lowest BCUT2D eigenvalue weighted by atomic mass is 9.87. The topological polar surface area (TPSA) is 72.2 Å². The van der Waals surface area contributed by atoms with Crippen LogP contribution in [0.3, 0.4) is 0 Å². The van der Waals surface area contributed by atoms with Crippen LogP contribution in [0.2, 0.25) is 0 Å². The zero-order valence-electron chi connectivity index (χ0n) is 19.3. The van der Waals surface area contributed by atoms with E-state index in [2.05, 4.69) is 53.6 Å². The third kappa shape index (κ3) is 6.47. The fraction of sp³-hybridized carbons (Fsp3) is 0.333. The predicted octanol–water partition coefficient (Wildman–Crippen LogP) is 5.52. The van der Waals surface area contributed by atoms with Gasteiger partial charge in [0.25, 0.3) is 5.91 Å². The Hall–Kier alpha value is -3.14. The standard InChI is InChI=1S/C24H26F3N5OS/c1-5-32-21(17-8-12-18(13-9-17)23(2,3)4)30-31-22(32)34-15-20(33)29-28-14-16-6-10-19(11-7-16)24(25,26)27/h6-14H,5,15H2,1-4H3,(H,29,33)/b28-14+. The monoisotopic (exact) mass is 489 g/mol. The summed E-state index contributed by atoms with van der Waals surface area (Å²) in [5.41, 5.74) is 4.29. The largest absolute Gasteiger partial charge is 0.416 e. The zero-order chi connectivity index (χ0) is 24.9. The van der Waals surface area contributed by atoms with E-state index >= 15 is 0 Å². The summed E-state index contributed by atoms with van der Waals surface area (Å²) in [5, 5.41) is 12.9. The molecule has 3 aromatic rings. The summed E-state index contributed by atoms with van der Waals surface area (Å²) in [5.74, 6) is 0.423. The molecule has 0 fully saturated rings. The quantitative estimate of drug-likeness (QED) is 0.269. The molecule has 0 atom stereocenters. The number of hydrogen-bond acceptors (Lipinski definition) is 5. The lowest BCUT2D eigenvalue weighted by Crippen LogP contribution is -2.20. The third-order valence-corrected chi connectivity index (χ3v) is 5.98. The van der Waals surface area contributed by atoms with Crippen molar-refractivity contribution in [2.45, 2.75) is 51.0 Å². The summed E-state index contributed by atoms with van der Waals surface area (Å²) in [6.07, 6.45) is -3.10. The number of aromatic nitrogens is 3. The molecular weight excluding hydrogens is 463 g/mol. The van der Waals surface area contributed by atoms with Crippen LogP contribution < -0.4 is 5.43 Å². The van der Waals surface area contributed by atoms with Gasteiger partial charge in [-0.15, -0.1) is 10.2 Å². The van der Waals surface area contributed by atoms with Gasteiger partial charge in [0.2, 0.25) is 0 Å². The fourth-order valence-electron chi connectivity index (χ4n) is 3.11. The summed E-state index contributed by atoms with van der Waals surface area (Å²) < 4.78 is 39.8. The molecule has 0 bridgehead atoms. The first-order valence-corrected chi connectivity index (χ1v) is 11.6. The second kappa shape index (κ2) is 10.4. The highest BCUT2D eigenvalue weighted by Gasteiger charge is 2.29. The summed E-state index contributed by atoms with van der Waals surface area (Å²) in [6.45, 7) is 9.09. The number of nitrogens with one attached hydrogen (secondary N) is 1. The summed E-state index contributed by atoms with van der Waals surface area (Å²) in [4.78, 5) is 12.1. The molecule has 34 heavy (non-hydrogen) atoms. The number of alkyl halides is 3. The Labute approximate surface area is 200 Å². The number of amides is 1. The predicted molar refractivity (Wildman–Crippen MR) is 128 cm³/mol. The molecule has 0 radical (unpaired) electrons. The highest BCUT2D eigenvalue weighted by atomic mass is 32.2. The van der Waals surface area contributed by atoms with E-state index in [4.69, 9.17) is 0 Å². The fourth-order valence-corrected chi connectivity index (χ4v) is 3.91. The number of carbonyl (C=O) groups is 1. The van der Waals surface area contributed by atoms with Crippen LogP contribution in [-0.4, -0.2) is 32.6 Å². The SMILES string of the molecule is CCn1c(SCC(=O)N/N=C/c2ccc(C(F)(F)F)cc2)nnc1-c1ccc(C(C)(C)C)cc1. The van der Waals surface area contributed by atoms with Crippen LogP contribution in [0, 0.1) is 0 Å². The van der Waals surface area contributed by atoms with Crippen molar-refractivity contribution in [1.29, 1.82) is 0 Å². The van der Waals surface area contributed by atoms with Gasteiger partial charge < -0.3 is 4.57 Å². The minimum Gasteiger partial charge on any atom is -0.302 e. The molecule has 10 heteroatoms. The van der Waals surface area contributed by atoms with Gasteiger partial charge in [-0.2, -0.15) is 18.3 Å². The van der Waals surface area contributed by atoms with Crippen LogP contribution in [0.15, 0.2) is 58.8 Å². The average molecular weight is 490 g/mol. The van der Waals surface area contributed by atoms with E-state index in [9.17, 15) is 18.0 Å². The van der Waals surface area contributed by atoms with Crippen LogP contribution in [-0.2, 0) is 22.9 Å². The second-order valence-electron chi connectivity index (χ2n) is 8.58. The molecule has 180 valence electrons. The van der Waals surface area contributed by atoms with Crippen molar-refractivity contribution in [2.75, 3.05) is 5.75 Å². The Kier molecular flexibility index (Phi) is 7.81. The smallest absolute Gasteiger partial charge is 0.302 e. The van der Waals surface area contributed by atoms with Crippen molar-refractivity contribution in [3.63, 3.8) is 0 Å². The van der Waals surface area contributed by atoms with Gasteiger partial charge in [-0.1, -0.05) is 68.9 Å². The Bertz CT molecular complexity index is 1150. The molecule has 0 aliphatic carbocycles. The average Bonchev–Trinajstić information content (AvgIpc) is 3.20. The van der Waals surface area contributed by atoms with Gasteiger partial charge in [0.15, 0.2) is 11.0 Å². The van der Waals surface area contributed by atoms with Crippen LogP contribution in [0.25, 0.3) is 11.4 Å². The van der Waals surface area contributed by atoms with E-state index in [1.165, 1.54) is 35.7 Å². The Morgan fingerprint density at radius 3 is 2.21 bits per heavy atom. The van der Waals surface area contributed by atoms with Crippen LogP contribution in [0.1, 0.15) is 44.4 Å². The molecule has 1 aromatic heterocycles. The van der Waals surface area contributed by atoms with Crippen LogP contribution in [0.4, 0.5) is 13.2 Å². The summed E-state index contributed by atoms with van der Waals surface area (Å²) in [6, 6.07) is 12.7. The second-order valence-corrected chi connectivity index (χ2v) is 9.52. The van der Waals surface area contributed by atoms with Gasteiger partial charge in [0, 0.05) is 12.1 Å². The number of nitrogens with zero attached hydrogens (tertiary/aromatic N) is 4. The molecule has 0 spiro atoms. The third-order valence-electron chi connectivity index (χ3n) is 5.02. The molecule has 2 aromatic carbocycles. The molecule has 0 aliphatic rings. The Morgan fingerprint density at radius 1 is 1.03 bits per heavy atom. The van der Waals surface area contributed by atoms with Crippen molar-refractivity contribution >= 4 is 23.9 Å². The first-order chi connectivity index (χ1) is 16.0.